The van der Waals surface area contributed by atoms with E-state index in [2.05, 4.69) is 26.0 Å². The minimum absolute atomic E-state index is 0.132. The summed E-state index contributed by atoms with van der Waals surface area (Å²) in [6.07, 6.45) is 4.90. The van der Waals surface area contributed by atoms with Crippen LogP contribution in [-0.4, -0.2) is 12.1 Å². The van der Waals surface area contributed by atoms with Crippen molar-refractivity contribution in [2.75, 3.05) is 0 Å². The van der Waals surface area contributed by atoms with Gasteiger partial charge in [-0.2, -0.15) is 0 Å². The summed E-state index contributed by atoms with van der Waals surface area (Å²) in [5.41, 5.74) is 7.31. The monoisotopic (exact) mass is 235 g/mol. The maximum atomic E-state index is 6.10. The molecular formula is C15H25NO. The average Bonchev–Trinajstić information content (AvgIpc) is 2.37. The number of hydrogen-bond acceptors (Lipinski definition) is 2. The average molecular weight is 235 g/mol. The van der Waals surface area contributed by atoms with Crippen LogP contribution < -0.4 is 5.73 Å². The van der Waals surface area contributed by atoms with Crippen molar-refractivity contribution < 1.29 is 4.74 Å². The van der Waals surface area contributed by atoms with Crippen LogP contribution >= 0.6 is 0 Å². The lowest BCUT2D eigenvalue weighted by Crippen LogP contribution is -2.34. The zero-order valence-corrected chi connectivity index (χ0v) is 11.1. The highest BCUT2D eigenvalue weighted by molar-refractivity contribution is 5.13. The van der Waals surface area contributed by atoms with Crippen LogP contribution in [0.4, 0.5) is 0 Å². The fourth-order valence-corrected chi connectivity index (χ4v) is 1.79. The molecule has 0 radical (unpaired) electrons. The summed E-state index contributed by atoms with van der Waals surface area (Å²) in [5.74, 6) is 0. The fraction of sp³-hybridized carbons (Fsp3) is 0.600. The van der Waals surface area contributed by atoms with E-state index in [1.165, 1.54) is 24.8 Å². The summed E-state index contributed by atoms with van der Waals surface area (Å²) in [4.78, 5) is 0. The highest BCUT2D eigenvalue weighted by Gasteiger charge is 2.12. The first-order valence-electron chi connectivity index (χ1n) is 6.65. The molecule has 1 aromatic rings. The quantitative estimate of drug-likeness (QED) is 0.700. The Balaban J connectivity index is 2.22. The Morgan fingerprint density at radius 3 is 2.53 bits per heavy atom. The van der Waals surface area contributed by atoms with Crippen LogP contribution in [0, 0.1) is 0 Å². The number of hydrogen-bond donors (Lipinski definition) is 1. The minimum Gasteiger partial charge on any atom is -0.372 e. The van der Waals surface area contributed by atoms with Crippen molar-refractivity contribution in [3.05, 3.63) is 35.9 Å². The van der Waals surface area contributed by atoms with Gasteiger partial charge in [-0.25, -0.2) is 0 Å². The van der Waals surface area contributed by atoms with Gasteiger partial charge in [0.15, 0.2) is 0 Å². The van der Waals surface area contributed by atoms with Crippen molar-refractivity contribution in [2.45, 2.75) is 58.3 Å². The lowest BCUT2D eigenvalue weighted by Gasteiger charge is -2.20. The van der Waals surface area contributed by atoms with Gasteiger partial charge >= 0.3 is 0 Å². The van der Waals surface area contributed by atoms with E-state index in [1.54, 1.807) is 0 Å². The molecule has 0 saturated carbocycles. The summed E-state index contributed by atoms with van der Waals surface area (Å²) in [6.45, 7) is 4.93. The van der Waals surface area contributed by atoms with Crippen molar-refractivity contribution in [3.63, 3.8) is 0 Å². The van der Waals surface area contributed by atoms with Gasteiger partial charge in [-0.15, -0.1) is 0 Å². The SMILES string of the molecule is CCCCCC(N)C(C)OCc1ccccc1. The van der Waals surface area contributed by atoms with Gasteiger partial charge in [-0.3, -0.25) is 0 Å². The standard InChI is InChI=1S/C15H25NO/c1-3-4-6-11-15(16)13(2)17-12-14-9-7-5-8-10-14/h5,7-10,13,15H,3-4,6,11-12,16H2,1-2H3. The van der Waals surface area contributed by atoms with Gasteiger partial charge in [0.25, 0.3) is 0 Å². The molecule has 0 aliphatic carbocycles. The predicted molar refractivity (Wildman–Crippen MR) is 72.8 cm³/mol. The molecule has 96 valence electrons. The normalized spacial score (nSPS) is 14.5. The topological polar surface area (TPSA) is 35.2 Å². The lowest BCUT2D eigenvalue weighted by atomic mass is 10.1. The van der Waals surface area contributed by atoms with Gasteiger partial charge in [0.1, 0.15) is 0 Å². The van der Waals surface area contributed by atoms with Crippen molar-refractivity contribution >= 4 is 0 Å². The third-order valence-corrected chi connectivity index (χ3v) is 3.10. The number of rotatable bonds is 8. The van der Waals surface area contributed by atoms with Crippen molar-refractivity contribution in [3.8, 4) is 0 Å². The molecule has 1 aromatic carbocycles. The second-order valence-electron chi connectivity index (χ2n) is 4.66. The van der Waals surface area contributed by atoms with Crippen LogP contribution in [0.25, 0.3) is 0 Å². The first-order chi connectivity index (χ1) is 8.24. The zero-order valence-electron chi connectivity index (χ0n) is 11.1. The summed E-state index contributed by atoms with van der Waals surface area (Å²) in [7, 11) is 0. The molecule has 2 atom stereocenters. The second-order valence-corrected chi connectivity index (χ2v) is 4.66. The Bertz CT molecular complexity index is 286. The molecule has 2 unspecified atom stereocenters. The maximum absolute atomic E-state index is 6.10. The van der Waals surface area contributed by atoms with Crippen LogP contribution in [0.5, 0.6) is 0 Å². The Kier molecular flexibility index (Phi) is 6.90. The molecule has 0 amide bonds. The van der Waals surface area contributed by atoms with E-state index in [-0.39, 0.29) is 12.1 Å². The van der Waals surface area contributed by atoms with Gasteiger partial charge in [0.2, 0.25) is 0 Å². The van der Waals surface area contributed by atoms with Gasteiger partial charge in [0.05, 0.1) is 12.7 Å². The lowest BCUT2D eigenvalue weighted by molar-refractivity contribution is 0.0337. The molecule has 17 heavy (non-hydrogen) atoms. The molecule has 0 aliphatic rings. The summed E-state index contributed by atoms with van der Waals surface area (Å²) in [5, 5.41) is 0. The number of benzene rings is 1. The summed E-state index contributed by atoms with van der Waals surface area (Å²) < 4.78 is 5.80. The van der Waals surface area contributed by atoms with E-state index in [1.807, 2.05) is 18.2 Å². The fourth-order valence-electron chi connectivity index (χ4n) is 1.79. The smallest absolute Gasteiger partial charge is 0.0721 e. The molecule has 0 fully saturated rings. The van der Waals surface area contributed by atoms with Crippen molar-refractivity contribution in [1.82, 2.24) is 0 Å². The first kappa shape index (κ1) is 14.2. The van der Waals surface area contributed by atoms with Crippen LogP contribution in [0.3, 0.4) is 0 Å². The van der Waals surface area contributed by atoms with Gasteiger partial charge < -0.3 is 10.5 Å². The summed E-state index contributed by atoms with van der Waals surface area (Å²) >= 11 is 0. The minimum atomic E-state index is 0.132. The molecule has 0 aromatic heterocycles. The predicted octanol–water partition coefficient (Wildman–Crippen LogP) is 3.50. The molecule has 0 bridgehead atoms. The van der Waals surface area contributed by atoms with Crippen molar-refractivity contribution in [2.24, 2.45) is 5.73 Å². The number of nitrogens with two attached hydrogens (primary N) is 1. The summed E-state index contributed by atoms with van der Waals surface area (Å²) in [6, 6.07) is 10.4. The largest absolute Gasteiger partial charge is 0.372 e. The van der Waals surface area contributed by atoms with E-state index in [0.29, 0.717) is 6.61 Å². The van der Waals surface area contributed by atoms with Gasteiger partial charge in [-0.1, -0.05) is 56.5 Å². The van der Waals surface area contributed by atoms with E-state index in [0.717, 1.165) is 6.42 Å². The highest BCUT2D eigenvalue weighted by Crippen LogP contribution is 2.10. The van der Waals surface area contributed by atoms with Crippen molar-refractivity contribution in [1.29, 1.82) is 0 Å². The van der Waals surface area contributed by atoms with Gasteiger partial charge in [0, 0.05) is 6.04 Å². The molecule has 0 heterocycles. The molecule has 2 nitrogen and oxygen atoms in total. The van der Waals surface area contributed by atoms with E-state index < -0.39 is 0 Å². The second kappa shape index (κ2) is 8.26. The third kappa shape index (κ3) is 5.85. The first-order valence-corrected chi connectivity index (χ1v) is 6.65. The molecule has 2 N–H and O–H groups in total. The van der Waals surface area contributed by atoms with Gasteiger partial charge in [-0.05, 0) is 18.9 Å². The van der Waals surface area contributed by atoms with Crippen LogP contribution in [0.2, 0.25) is 0 Å². The number of unbranched alkanes of at least 4 members (excludes halogenated alkanes) is 2. The van der Waals surface area contributed by atoms with Crippen LogP contribution in [0.15, 0.2) is 30.3 Å². The van der Waals surface area contributed by atoms with E-state index in [4.69, 9.17) is 10.5 Å². The highest BCUT2D eigenvalue weighted by atomic mass is 16.5. The Morgan fingerprint density at radius 2 is 1.88 bits per heavy atom. The Morgan fingerprint density at radius 1 is 1.18 bits per heavy atom. The zero-order chi connectivity index (χ0) is 12.5. The molecule has 1 rings (SSSR count). The number of ether oxygens (including phenoxy) is 1. The Labute approximate surface area is 105 Å². The molecular weight excluding hydrogens is 210 g/mol. The molecule has 0 spiro atoms. The Hall–Kier alpha value is -0.860. The molecule has 0 saturated heterocycles. The van der Waals surface area contributed by atoms with E-state index >= 15 is 0 Å². The van der Waals surface area contributed by atoms with E-state index in [9.17, 15) is 0 Å². The van der Waals surface area contributed by atoms with Crippen LogP contribution in [-0.2, 0) is 11.3 Å². The third-order valence-electron chi connectivity index (χ3n) is 3.10. The van der Waals surface area contributed by atoms with Crippen LogP contribution in [0.1, 0.15) is 45.1 Å². The molecule has 0 aliphatic heterocycles. The molecule has 2 heteroatoms. The maximum Gasteiger partial charge on any atom is 0.0721 e.